The third kappa shape index (κ3) is 7.16. The Morgan fingerprint density at radius 3 is 2.48 bits per heavy atom. The minimum Gasteiger partial charge on any atom is -0.507 e. The second kappa shape index (κ2) is 14.4. The Hall–Kier alpha value is -5.68. The summed E-state index contributed by atoms with van der Waals surface area (Å²) in [5.41, 5.74) is 12.5. The number of aldehydes is 1. The first-order valence-corrected chi connectivity index (χ1v) is 15.7. The number of rotatable bonds is 7. The van der Waals surface area contributed by atoms with Gasteiger partial charge in [-0.05, 0) is 72.7 Å². The van der Waals surface area contributed by atoms with Gasteiger partial charge in [0, 0.05) is 56.9 Å². The number of allylic oxidation sites excluding steroid dienone is 4. The number of piperazine rings is 1. The highest BCUT2D eigenvalue weighted by molar-refractivity contribution is 5.83. The van der Waals surface area contributed by atoms with Crippen LogP contribution < -0.4 is 5.73 Å². The third-order valence-electron chi connectivity index (χ3n) is 8.49. The second-order valence-corrected chi connectivity index (χ2v) is 11.9. The number of hydrogen-bond acceptors (Lipinski definition) is 8. The Morgan fingerprint density at radius 1 is 1.00 bits per heavy atom. The Labute approximate surface area is 277 Å². The number of aromatic hydroxyl groups is 1. The number of anilines is 1. The number of carbonyl (C=O) groups excluding carboxylic acids is 2. The van der Waals surface area contributed by atoms with E-state index in [0.717, 1.165) is 67.2 Å². The Kier molecular flexibility index (Phi) is 9.67. The zero-order valence-corrected chi connectivity index (χ0v) is 26.5. The number of carbonyl (C=O) groups is 2. The van der Waals surface area contributed by atoms with Crippen LogP contribution in [0.4, 0.5) is 10.2 Å². The van der Waals surface area contributed by atoms with E-state index < -0.39 is 0 Å². The van der Waals surface area contributed by atoms with Gasteiger partial charge in [0.15, 0.2) is 17.8 Å². The lowest BCUT2D eigenvalue weighted by Gasteiger charge is -2.32. The second-order valence-electron chi connectivity index (χ2n) is 11.9. The van der Waals surface area contributed by atoms with Crippen molar-refractivity contribution in [1.82, 2.24) is 29.3 Å². The smallest absolute Gasteiger partial charge is 0.209 e. The number of nitrogen functional groups attached to an aromatic ring is 1. The predicted octanol–water partition coefficient (Wildman–Crippen LogP) is 5.75. The van der Waals surface area contributed by atoms with Crippen molar-refractivity contribution in [2.45, 2.75) is 25.8 Å². The Balaban J connectivity index is 0.000000345. The number of aryl methyl sites for hydroxylation is 1. The van der Waals surface area contributed by atoms with Gasteiger partial charge in [0.1, 0.15) is 22.9 Å². The van der Waals surface area contributed by atoms with Crippen LogP contribution in [0.5, 0.6) is 5.75 Å². The molecule has 1 amide bonds. The van der Waals surface area contributed by atoms with Crippen molar-refractivity contribution in [3.63, 3.8) is 0 Å². The number of amides is 1. The molecule has 2 aliphatic rings. The first-order valence-electron chi connectivity index (χ1n) is 15.7. The van der Waals surface area contributed by atoms with Gasteiger partial charge in [-0.1, -0.05) is 30.4 Å². The van der Waals surface area contributed by atoms with E-state index in [0.29, 0.717) is 35.6 Å². The number of pyridine rings is 2. The summed E-state index contributed by atoms with van der Waals surface area (Å²) in [5.74, 6) is 0.799. The zero-order chi connectivity index (χ0) is 33.6. The van der Waals surface area contributed by atoms with Crippen LogP contribution in [-0.4, -0.2) is 73.3 Å². The molecule has 7 rings (SSSR count). The van der Waals surface area contributed by atoms with E-state index in [1.54, 1.807) is 30.5 Å². The highest BCUT2D eigenvalue weighted by atomic mass is 19.1. The number of phenolic OH excluding ortho intramolecular Hbond substituents is 1. The summed E-state index contributed by atoms with van der Waals surface area (Å²) in [7, 11) is 0. The molecule has 10 nitrogen and oxygen atoms in total. The monoisotopic (exact) mass is 645 g/mol. The molecule has 5 aromatic rings. The molecule has 3 N–H and O–H groups in total. The minimum atomic E-state index is -0.153. The number of nitrogens with zero attached hydrogens (tertiary/aromatic N) is 6. The van der Waals surface area contributed by atoms with Gasteiger partial charge in [-0.2, -0.15) is 0 Å². The molecule has 11 heteroatoms. The van der Waals surface area contributed by atoms with Crippen molar-refractivity contribution in [2.24, 2.45) is 0 Å². The lowest BCUT2D eigenvalue weighted by Crippen LogP contribution is -2.45. The molecule has 1 aliphatic carbocycles. The first kappa shape index (κ1) is 32.3. The molecule has 1 fully saturated rings. The third-order valence-corrected chi connectivity index (χ3v) is 8.49. The summed E-state index contributed by atoms with van der Waals surface area (Å²) < 4.78 is 16.0. The number of imidazole rings is 1. The number of aromatic nitrogens is 4. The van der Waals surface area contributed by atoms with E-state index in [1.807, 2.05) is 46.7 Å². The molecule has 0 spiro atoms. The quantitative estimate of drug-likeness (QED) is 0.214. The maximum Gasteiger partial charge on any atom is 0.209 e. The number of nitrogens with two attached hydrogens (primary N) is 1. The van der Waals surface area contributed by atoms with Crippen LogP contribution in [0.25, 0.3) is 28.2 Å². The molecular formula is C37H36FN7O3. The van der Waals surface area contributed by atoms with Crippen molar-refractivity contribution >= 4 is 29.7 Å². The van der Waals surface area contributed by atoms with E-state index in [2.05, 4.69) is 34.1 Å². The topological polar surface area (TPSA) is 130 Å². The van der Waals surface area contributed by atoms with E-state index in [1.165, 1.54) is 11.6 Å². The van der Waals surface area contributed by atoms with Crippen molar-refractivity contribution in [2.75, 3.05) is 31.9 Å². The van der Waals surface area contributed by atoms with Crippen LogP contribution in [0.3, 0.4) is 0 Å². The first-order chi connectivity index (χ1) is 23.3. The number of phenols is 1. The summed E-state index contributed by atoms with van der Waals surface area (Å²) in [6.45, 7) is 5.89. The SMILES string of the molecule is Cc1ccc(C=O)c(O)c1.Nc1ncccc1-c1nc2ccc(C3C=CC=C(F)C3)nc2n1-c1ccc(CN2CCN(C=O)CC2)cc1. The minimum absolute atomic E-state index is 0.0509. The average molecular weight is 646 g/mol. The number of hydrogen-bond donors (Lipinski definition) is 2. The molecule has 1 unspecified atom stereocenters. The van der Waals surface area contributed by atoms with Gasteiger partial charge in [0.05, 0.1) is 16.8 Å². The summed E-state index contributed by atoms with van der Waals surface area (Å²) in [5, 5.41) is 9.06. The fourth-order valence-electron chi connectivity index (χ4n) is 5.84. The lowest BCUT2D eigenvalue weighted by molar-refractivity contribution is -0.119. The van der Waals surface area contributed by atoms with Crippen molar-refractivity contribution in [3.05, 3.63) is 119 Å². The molecule has 48 heavy (non-hydrogen) atoms. The highest BCUT2D eigenvalue weighted by Crippen LogP contribution is 2.33. The van der Waals surface area contributed by atoms with Crippen LogP contribution in [0.2, 0.25) is 0 Å². The summed E-state index contributed by atoms with van der Waals surface area (Å²) >= 11 is 0. The van der Waals surface area contributed by atoms with E-state index >= 15 is 0 Å². The maximum absolute atomic E-state index is 14.0. The summed E-state index contributed by atoms with van der Waals surface area (Å²) in [6, 6.07) is 20.9. The molecule has 1 saturated heterocycles. The molecule has 0 bridgehead atoms. The van der Waals surface area contributed by atoms with E-state index in [4.69, 9.17) is 20.8 Å². The van der Waals surface area contributed by atoms with Crippen molar-refractivity contribution < 1.29 is 19.1 Å². The molecule has 0 radical (unpaired) electrons. The fraction of sp³-hybridized carbons (Fsp3) is 0.216. The molecular weight excluding hydrogens is 609 g/mol. The summed E-state index contributed by atoms with van der Waals surface area (Å²) in [6.07, 6.45) is 8.71. The van der Waals surface area contributed by atoms with Crippen LogP contribution in [0.15, 0.2) is 97.0 Å². The highest BCUT2D eigenvalue weighted by Gasteiger charge is 2.22. The zero-order valence-electron chi connectivity index (χ0n) is 26.5. The molecule has 1 atom stereocenters. The lowest BCUT2D eigenvalue weighted by atomic mass is 9.96. The molecule has 4 heterocycles. The van der Waals surface area contributed by atoms with Gasteiger partial charge < -0.3 is 15.7 Å². The standard InChI is InChI=1S/C29H28FN7O.C8H8O2/c30-22-4-1-3-21(17-22)25-10-11-26-29(33-25)37(28(34-26)24-5-2-12-32-27(24)31)23-8-6-20(7-9-23)18-35-13-15-36(19-38)16-14-35;1-6-2-3-7(5-9)8(10)4-6/h1-12,19,21H,13-18H2,(H2,31,32);2-5,10H,1H3. The molecule has 3 aromatic heterocycles. The van der Waals surface area contributed by atoms with Gasteiger partial charge in [-0.15, -0.1) is 0 Å². The number of benzene rings is 2. The largest absolute Gasteiger partial charge is 0.507 e. The predicted molar refractivity (Wildman–Crippen MR) is 183 cm³/mol. The van der Waals surface area contributed by atoms with Gasteiger partial charge in [0.25, 0.3) is 0 Å². The fourth-order valence-corrected chi connectivity index (χ4v) is 5.84. The summed E-state index contributed by atoms with van der Waals surface area (Å²) in [4.78, 5) is 39.5. The van der Waals surface area contributed by atoms with Crippen LogP contribution in [-0.2, 0) is 11.3 Å². The number of fused-ring (bicyclic) bond motifs is 1. The van der Waals surface area contributed by atoms with Crippen LogP contribution in [0, 0.1) is 6.92 Å². The Morgan fingerprint density at radius 2 is 1.79 bits per heavy atom. The molecule has 2 aromatic carbocycles. The van der Waals surface area contributed by atoms with Crippen LogP contribution >= 0.6 is 0 Å². The maximum atomic E-state index is 14.0. The van der Waals surface area contributed by atoms with Crippen LogP contribution in [0.1, 0.15) is 39.5 Å². The molecule has 0 saturated carbocycles. The molecule has 244 valence electrons. The van der Waals surface area contributed by atoms with E-state index in [-0.39, 0.29) is 17.5 Å². The van der Waals surface area contributed by atoms with Crippen molar-refractivity contribution in [3.8, 4) is 22.8 Å². The Bertz CT molecular complexity index is 2000. The van der Waals surface area contributed by atoms with Gasteiger partial charge in [-0.3, -0.25) is 19.1 Å². The van der Waals surface area contributed by atoms with Gasteiger partial charge in [0.2, 0.25) is 6.41 Å². The van der Waals surface area contributed by atoms with Crippen molar-refractivity contribution in [1.29, 1.82) is 0 Å². The number of halogens is 1. The average Bonchev–Trinajstić information content (AvgIpc) is 3.48. The van der Waals surface area contributed by atoms with E-state index in [9.17, 15) is 14.0 Å². The molecule has 1 aliphatic heterocycles. The normalized spacial score (nSPS) is 16.2. The van der Waals surface area contributed by atoms with Gasteiger partial charge >= 0.3 is 0 Å². The van der Waals surface area contributed by atoms with Gasteiger partial charge in [-0.25, -0.2) is 19.3 Å².